The van der Waals surface area contributed by atoms with Gasteiger partial charge >= 0.3 is 18.5 Å². The quantitative estimate of drug-likeness (QED) is 0.323. The van der Waals surface area contributed by atoms with Gasteiger partial charge in [0.2, 0.25) is 5.78 Å². The van der Waals surface area contributed by atoms with Gasteiger partial charge in [-0.2, -0.15) is 39.5 Å². The second-order valence-corrected chi connectivity index (χ2v) is 7.36. The van der Waals surface area contributed by atoms with E-state index in [1.165, 1.54) is 24.3 Å². The number of halogens is 9. The predicted molar refractivity (Wildman–Crippen MR) is 104 cm³/mol. The van der Waals surface area contributed by atoms with Crippen molar-refractivity contribution in [1.82, 2.24) is 0 Å². The molecule has 0 bridgehead atoms. The van der Waals surface area contributed by atoms with Crippen molar-refractivity contribution in [3.63, 3.8) is 0 Å². The van der Waals surface area contributed by atoms with E-state index in [-0.39, 0.29) is 28.3 Å². The zero-order valence-electron chi connectivity index (χ0n) is 16.5. The van der Waals surface area contributed by atoms with E-state index in [4.69, 9.17) is 0 Å². The Morgan fingerprint density at radius 1 is 0.529 bits per heavy atom. The summed E-state index contributed by atoms with van der Waals surface area (Å²) in [6.45, 7) is 0. The number of Topliss-reactive ketones (excluding diaryl/α,β-unsaturated/α-hetero) is 1. The van der Waals surface area contributed by atoms with Crippen LogP contribution in [0.5, 0.6) is 0 Å². The van der Waals surface area contributed by atoms with E-state index in [9.17, 15) is 44.3 Å². The Balaban J connectivity index is 2.00. The van der Waals surface area contributed by atoms with Gasteiger partial charge in [-0.05, 0) is 41.5 Å². The lowest BCUT2D eigenvalue weighted by molar-refractivity contribution is -0.143. The van der Waals surface area contributed by atoms with E-state index in [0.29, 0.717) is 18.2 Å². The zero-order chi connectivity index (χ0) is 25.1. The highest BCUT2D eigenvalue weighted by Gasteiger charge is 2.38. The first-order valence-electron chi connectivity index (χ1n) is 9.40. The van der Waals surface area contributed by atoms with Gasteiger partial charge in [0.05, 0.1) is 22.4 Å². The number of benzene rings is 3. The second kappa shape index (κ2) is 7.71. The molecule has 1 aliphatic rings. The second-order valence-electron chi connectivity index (χ2n) is 7.36. The molecule has 0 radical (unpaired) electrons. The van der Waals surface area contributed by atoms with Crippen LogP contribution in [0.2, 0.25) is 0 Å². The van der Waals surface area contributed by atoms with E-state index < -0.39 is 52.4 Å². The number of carbonyl (C=O) groups excluding carboxylic acids is 1. The number of aliphatic imine (C=N–C) groups is 1. The van der Waals surface area contributed by atoms with Crippen LogP contribution in [-0.4, -0.2) is 11.5 Å². The Bertz CT molecular complexity index is 1300. The summed E-state index contributed by atoms with van der Waals surface area (Å²) in [6, 6.07) is 8.68. The Morgan fingerprint density at radius 2 is 1.03 bits per heavy atom. The van der Waals surface area contributed by atoms with Crippen molar-refractivity contribution < 1.29 is 44.3 Å². The van der Waals surface area contributed by atoms with Crippen LogP contribution in [0.4, 0.5) is 45.2 Å². The molecule has 2 nitrogen and oxygen atoms in total. The number of hydrogen-bond acceptors (Lipinski definition) is 2. The van der Waals surface area contributed by atoms with Crippen LogP contribution in [0.1, 0.15) is 32.6 Å². The predicted octanol–water partition coefficient (Wildman–Crippen LogP) is 7.73. The van der Waals surface area contributed by atoms with Crippen molar-refractivity contribution in [3.05, 3.63) is 88.5 Å². The minimum atomic E-state index is -5.17. The van der Waals surface area contributed by atoms with Gasteiger partial charge in [-0.25, -0.2) is 4.99 Å². The molecular formula is C23H10F9NO. The molecule has 34 heavy (non-hydrogen) atoms. The fraction of sp³-hybridized carbons (Fsp3) is 0.130. The normalized spacial score (nSPS) is 15.3. The molecule has 3 aromatic rings. The van der Waals surface area contributed by atoms with Crippen molar-refractivity contribution >= 4 is 17.2 Å². The third-order valence-corrected chi connectivity index (χ3v) is 5.09. The highest BCUT2D eigenvalue weighted by molar-refractivity contribution is 6.55. The molecule has 0 saturated heterocycles. The summed E-state index contributed by atoms with van der Waals surface area (Å²) in [4.78, 5) is 16.8. The van der Waals surface area contributed by atoms with E-state index in [1.54, 1.807) is 0 Å². The molecule has 3 aromatic carbocycles. The first-order valence-corrected chi connectivity index (χ1v) is 9.40. The molecule has 0 aliphatic heterocycles. The summed E-state index contributed by atoms with van der Waals surface area (Å²) < 4.78 is 119. The SMILES string of the molecule is O=C1C(=Nc2cc(C(F)(F)F)cc(C(F)(F)F)c2)c2cc(C(F)(F)F)ccc2-c2ccccc21. The number of alkyl halides is 9. The third kappa shape index (κ3) is 4.29. The summed E-state index contributed by atoms with van der Waals surface area (Å²) in [5.74, 6) is -0.937. The lowest BCUT2D eigenvalue weighted by atomic mass is 9.82. The van der Waals surface area contributed by atoms with E-state index in [1.807, 2.05) is 0 Å². The standard InChI is InChI=1S/C23H10F9NO/c24-21(25,26)11-5-6-16-15-3-1-2-4-17(15)20(34)19(18(16)10-11)33-14-8-12(22(27,28)29)7-13(9-14)23(30,31)32/h1-10H. The van der Waals surface area contributed by atoms with Crippen LogP contribution in [-0.2, 0) is 18.5 Å². The fourth-order valence-electron chi connectivity index (χ4n) is 3.56. The number of nitrogens with zero attached hydrogens (tertiary/aromatic N) is 1. The van der Waals surface area contributed by atoms with Gasteiger partial charge in [-0.1, -0.05) is 30.3 Å². The van der Waals surface area contributed by atoms with E-state index in [2.05, 4.69) is 4.99 Å². The van der Waals surface area contributed by atoms with Crippen LogP contribution in [0.15, 0.2) is 65.7 Å². The zero-order valence-corrected chi connectivity index (χ0v) is 16.5. The summed E-state index contributed by atoms with van der Waals surface area (Å²) in [6.07, 6.45) is -15.2. The Kier molecular flexibility index (Phi) is 5.34. The van der Waals surface area contributed by atoms with Gasteiger partial charge in [-0.3, -0.25) is 4.79 Å². The van der Waals surface area contributed by atoms with E-state index >= 15 is 0 Å². The third-order valence-electron chi connectivity index (χ3n) is 5.09. The Morgan fingerprint density at radius 3 is 1.56 bits per heavy atom. The van der Waals surface area contributed by atoms with Gasteiger partial charge in [0, 0.05) is 11.1 Å². The molecule has 1 aliphatic carbocycles. The number of carbonyl (C=O) groups is 1. The molecule has 0 fully saturated rings. The van der Waals surface area contributed by atoms with Gasteiger partial charge in [0.1, 0.15) is 5.71 Å². The number of ketones is 1. The maximum absolute atomic E-state index is 13.3. The number of rotatable bonds is 1. The first kappa shape index (κ1) is 23.5. The van der Waals surface area contributed by atoms with Crippen LogP contribution in [0.25, 0.3) is 11.1 Å². The average Bonchev–Trinajstić information content (AvgIpc) is 2.74. The number of fused-ring (bicyclic) bond motifs is 3. The Labute approximate surface area is 185 Å². The highest BCUT2D eigenvalue weighted by Crippen LogP contribution is 2.41. The van der Waals surface area contributed by atoms with Crippen molar-refractivity contribution in [2.75, 3.05) is 0 Å². The fourth-order valence-corrected chi connectivity index (χ4v) is 3.56. The van der Waals surface area contributed by atoms with Crippen LogP contribution in [0.3, 0.4) is 0 Å². The van der Waals surface area contributed by atoms with Crippen LogP contribution >= 0.6 is 0 Å². The molecule has 0 saturated carbocycles. The summed E-state index contributed by atoms with van der Waals surface area (Å²) in [7, 11) is 0. The number of hydrogen-bond donors (Lipinski definition) is 0. The van der Waals surface area contributed by atoms with Crippen molar-refractivity contribution in [3.8, 4) is 11.1 Å². The lowest BCUT2D eigenvalue weighted by Crippen LogP contribution is -2.23. The van der Waals surface area contributed by atoms with E-state index in [0.717, 1.165) is 12.1 Å². The molecular weight excluding hydrogens is 477 g/mol. The summed E-state index contributed by atoms with van der Waals surface area (Å²) >= 11 is 0. The maximum atomic E-state index is 13.3. The van der Waals surface area contributed by atoms with Gasteiger partial charge < -0.3 is 0 Å². The molecule has 0 atom stereocenters. The molecule has 0 amide bonds. The molecule has 11 heteroatoms. The summed E-state index contributed by atoms with van der Waals surface area (Å²) in [5, 5.41) is 0. The minimum Gasteiger partial charge on any atom is -0.287 e. The van der Waals surface area contributed by atoms with Crippen molar-refractivity contribution in [1.29, 1.82) is 0 Å². The van der Waals surface area contributed by atoms with Crippen molar-refractivity contribution in [2.45, 2.75) is 18.5 Å². The minimum absolute atomic E-state index is 0.00321. The maximum Gasteiger partial charge on any atom is 0.416 e. The summed E-state index contributed by atoms with van der Waals surface area (Å²) in [5.41, 5.74) is -6.06. The lowest BCUT2D eigenvalue weighted by Gasteiger charge is -2.22. The van der Waals surface area contributed by atoms with Crippen LogP contribution < -0.4 is 0 Å². The molecule has 4 rings (SSSR count). The molecule has 0 spiro atoms. The Hall–Kier alpha value is -3.63. The molecule has 0 aromatic heterocycles. The first-order chi connectivity index (χ1) is 15.7. The smallest absolute Gasteiger partial charge is 0.287 e. The monoisotopic (exact) mass is 487 g/mol. The average molecular weight is 487 g/mol. The molecule has 0 unspecified atom stereocenters. The van der Waals surface area contributed by atoms with Crippen LogP contribution in [0, 0.1) is 0 Å². The molecule has 0 heterocycles. The van der Waals surface area contributed by atoms with Gasteiger partial charge in [0.15, 0.2) is 0 Å². The highest BCUT2D eigenvalue weighted by atomic mass is 19.4. The van der Waals surface area contributed by atoms with Gasteiger partial charge in [0.25, 0.3) is 0 Å². The van der Waals surface area contributed by atoms with Crippen molar-refractivity contribution in [2.24, 2.45) is 4.99 Å². The van der Waals surface area contributed by atoms with Gasteiger partial charge in [-0.15, -0.1) is 0 Å². The molecule has 0 N–H and O–H groups in total. The molecule has 176 valence electrons. The topological polar surface area (TPSA) is 29.4 Å². The largest absolute Gasteiger partial charge is 0.416 e.